The molecule has 1 amide bonds. The topological polar surface area (TPSA) is 75.3 Å². The number of benzene rings is 2. The van der Waals surface area contributed by atoms with Crippen LogP contribution < -0.4 is 10.0 Å². The second-order valence-corrected chi connectivity index (χ2v) is 8.86. The molecule has 0 atom stereocenters. The fourth-order valence-corrected chi connectivity index (χ4v) is 4.07. The van der Waals surface area contributed by atoms with Gasteiger partial charge in [0.25, 0.3) is 0 Å². The van der Waals surface area contributed by atoms with E-state index in [2.05, 4.69) is 34.3 Å². The Morgan fingerprint density at radius 1 is 1.04 bits per heavy atom. The van der Waals surface area contributed by atoms with Crippen molar-refractivity contribution in [1.29, 1.82) is 0 Å². The Labute approximate surface area is 163 Å². The summed E-state index contributed by atoms with van der Waals surface area (Å²) in [7, 11) is -3.74. The van der Waals surface area contributed by atoms with Crippen LogP contribution in [0.3, 0.4) is 0 Å². The number of amides is 1. The van der Waals surface area contributed by atoms with Gasteiger partial charge in [-0.1, -0.05) is 29.8 Å². The number of aryl methyl sites for hydroxylation is 1. The van der Waals surface area contributed by atoms with Gasteiger partial charge in [0.05, 0.1) is 4.90 Å². The molecule has 0 aliphatic rings. The van der Waals surface area contributed by atoms with Crippen molar-refractivity contribution >= 4 is 27.7 Å². The molecule has 146 valence electrons. The fraction of sp³-hybridized carbons (Fsp3) is 0.316. The van der Waals surface area contributed by atoms with E-state index in [4.69, 9.17) is 0 Å². The van der Waals surface area contributed by atoms with Gasteiger partial charge in [0, 0.05) is 31.0 Å². The first-order valence-electron chi connectivity index (χ1n) is 8.52. The second kappa shape index (κ2) is 10.4. The van der Waals surface area contributed by atoms with Gasteiger partial charge in [-0.15, -0.1) is 0 Å². The molecule has 0 radical (unpaired) electrons. The molecule has 0 aliphatic carbocycles. The van der Waals surface area contributed by atoms with Crippen LogP contribution >= 0.6 is 11.8 Å². The summed E-state index contributed by atoms with van der Waals surface area (Å²) in [6.07, 6.45) is 0.0447. The van der Waals surface area contributed by atoms with E-state index in [0.29, 0.717) is 6.54 Å². The summed E-state index contributed by atoms with van der Waals surface area (Å²) in [5, 5.41) is 2.77. The van der Waals surface area contributed by atoms with Crippen LogP contribution in [0.5, 0.6) is 0 Å². The van der Waals surface area contributed by atoms with Gasteiger partial charge in [-0.25, -0.2) is 17.5 Å². The smallest absolute Gasteiger partial charge is 0.240 e. The van der Waals surface area contributed by atoms with Crippen molar-refractivity contribution in [3.8, 4) is 0 Å². The maximum Gasteiger partial charge on any atom is 0.240 e. The predicted octanol–water partition coefficient (Wildman–Crippen LogP) is 2.85. The largest absolute Gasteiger partial charge is 0.355 e. The number of carbonyl (C=O) groups is 1. The molecule has 2 rings (SSSR count). The van der Waals surface area contributed by atoms with Crippen molar-refractivity contribution in [3.63, 3.8) is 0 Å². The van der Waals surface area contributed by atoms with E-state index in [-0.39, 0.29) is 23.8 Å². The summed E-state index contributed by atoms with van der Waals surface area (Å²) in [5.74, 6) is 0.940. The molecule has 0 heterocycles. The highest BCUT2D eigenvalue weighted by molar-refractivity contribution is 7.98. The molecule has 2 aromatic carbocycles. The molecule has 0 bridgehead atoms. The summed E-state index contributed by atoms with van der Waals surface area (Å²) < 4.78 is 39.2. The number of sulfonamides is 1. The van der Waals surface area contributed by atoms with Crippen LogP contribution in [0, 0.1) is 12.7 Å². The van der Waals surface area contributed by atoms with E-state index in [9.17, 15) is 17.6 Å². The van der Waals surface area contributed by atoms with Crippen LogP contribution in [-0.2, 0) is 20.6 Å². The highest BCUT2D eigenvalue weighted by Crippen LogP contribution is 2.12. The normalized spacial score (nSPS) is 11.3. The van der Waals surface area contributed by atoms with Crippen molar-refractivity contribution in [3.05, 3.63) is 65.5 Å². The first-order valence-corrected chi connectivity index (χ1v) is 11.2. The van der Waals surface area contributed by atoms with Crippen LogP contribution in [0.2, 0.25) is 0 Å². The fourth-order valence-electron chi connectivity index (χ4n) is 2.22. The summed E-state index contributed by atoms with van der Waals surface area (Å²) in [6, 6.07) is 12.9. The van der Waals surface area contributed by atoms with Gasteiger partial charge in [-0.2, -0.15) is 11.8 Å². The Bertz CT molecular complexity index is 838. The number of hydrogen-bond donors (Lipinski definition) is 2. The molecular formula is C19H23FN2O3S2. The number of rotatable bonds is 10. The van der Waals surface area contributed by atoms with E-state index in [1.54, 1.807) is 11.8 Å². The lowest BCUT2D eigenvalue weighted by Gasteiger charge is -2.08. The molecule has 0 aliphatic heterocycles. The third-order valence-corrected chi connectivity index (χ3v) is 6.23. The molecule has 8 heteroatoms. The zero-order valence-electron chi connectivity index (χ0n) is 15.1. The Morgan fingerprint density at radius 3 is 2.37 bits per heavy atom. The Hall–Kier alpha value is -1.90. The van der Waals surface area contributed by atoms with Crippen LogP contribution in [0.4, 0.5) is 4.39 Å². The van der Waals surface area contributed by atoms with E-state index >= 15 is 0 Å². The number of halogens is 1. The van der Waals surface area contributed by atoms with Crippen LogP contribution in [-0.4, -0.2) is 33.2 Å². The molecule has 0 fully saturated rings. The van der Waals surface area contributed by atoms with Gasteiger partial charge in [-0.05, 0) is 36.8 Å². The molecule has 0 spiro atoms. The van der Waals surface area contributed by atoms with Crippen molar-refractivity contribution in [2.75, 3.05) is 18.8 Å². The number of hydrogen-bond acceptors (Lipinski definition) is 4. The quantitative estimate of drug-likeness (QED) is 0.591. The molecule has 0 saturated carbocycles. The van der Waals surface area contributed by atoms with E-state index in [1.165, 1.54) is 23.3 Å². The highest BCUT2D eigenvalue weighted by atomic mass is 32.2. The molecule has 5 nitrogen and oxygen atoms in total. The zero-order chi connectivity index (χ0) is 19.7. The summed E-state index contributed by atoms with van der Waals surface area (Å²) in [4.78, 5) is 11.7. The zero-order valence-corrected chi connectivity index (χ0v) is 16.7. The van der Waals surface area contributed by atoms with Crippen molar-refractivity contribution in [2.45, 2.75) is 24.0 Å². The molecule has 0 aromatic heterocycles. The van der Waals surface area contributed by atoms with Crippen molar-refractivity contribution in [2.24, 2.45) is 0 Å². The van der Waals surface area contributed by atoms with Gasteiger partial charge in [0.15, 0.2) is 0 Å². The number of carbonyl (C=O) groups excluding carboxylic acids is 1. The first kappa shape index (κ1) is 21.4. The Morgan fingerprint density at radius 2 is 1.70 bits per heavy atom. The van der Waals surface area contributed by atoms with Crippen LogP contribution in [0.25, 0.3) is 0 Å². The van der Waals surface area contributed by atoms with Gasteiger partial charge in [-0.3, -0.25) is 4.79 Å². The lowest BCUT2D eigenvalue weighted by atomic mass is 10.2. The molecule has 27 heavy (non-hydrogen) atoms. The minimum absolute atomic E-state index is 0.0119. The standard InChI is InChI=1S/C19H23FN2O3S2/c1-15-2-4-16(5-3-15)14-26-13-12-21-19(23)10-11-22-27(24,25)18-8-6-17(20)7-9-18/h2-9,22H,10-14H2,1H3,(H,21,23). The maximum atomic E-state index is 12.8. The molecule has 2 N–H and O–H groups in total. The average molecular weight is 411 g/mol. The van der Waals surface area contributed by atoms with Gasteiger partial charge < -0.3 is 5.32 Å². The Kier molecular flexibility index (Phi) is 8.27. The van der Waals surface area contributed by atoms with E-state index in [1.807, 2.05) is 6.92 Å². The predicted molar refractivity (Wildman–Crippen MR) is 107 cm³/mol. The van der Waals surface area contributed by atoms with Crippen molar-refractivity contribution < 1.29 is 17.6 Å². The lowest BCUT2D eigenvalue weighted by Crippen LogP contribution is -2.31. The third kappa shape index (κ3) is 7.70. The van der Waals surface area contributed by atoms with Crippen LogP contribution in [0.15, 0.2) is 53.4 Å². The SMILES string of the molecule is Cc1ccc(CSCCNC(=O)CCNS(=O)(=O)c2ccc(F)cc2)cc1. The molecular weight excluding hydrogens is 387 g/mol. The summed E-state index contributed by atoms with van der Waals surface area (Å²) in [5.41, 5.74) is 2.47. The highest BCUT2D eigenvalue weighted by Gasteiger charge is 2.14. The van der Waals surface area contributed by atoms with Gasteiger partial charge in [0.2, 0.25) is 15.9 Å². The summed E-state index contributed by atoms with van der Waals surface area (Å²) >= 11 is 1.72. The maximum absolute atomic E-state index is 12.8. The minimum atomic E-state index is -3.74. The van der Waals surface area contributed by atoms with Crippen LogP contribution in [0.1, 0.15) is 17.5 Å². The van der Waals surface area contributed by atoms with Crippen molar-refractivity contribution in [1.82, 2.24) is 10.0 Å². The average Bonchev–Trinajstić information content (AvgIpc) is 2.63. The summed E-state index contributed by atoms with van der Waals surface area (Å²) in [6.45, 7) is 2.56. The van der Waals surface area contributed by atoms with E-state index in [0.717, 1.165) is 23.6 Å². The lowest BCUT2D eigenvalue weighted by molar-refractivity contribution is -0.120. The Balaban J connectivity index is 1.60. The molecule has 0 unspecified atom stereocenters. The second-order valence-electron chi connectivity index (χ2n) is 5.99. The number of nitrogens with one attached hydrogen (secondary N) is 2. The molecule has 0 saturated heterocycles. The monoisotopic (exact) mass is 410 g/mol. The molecule has 2 aromatic rings. The third-order valence-electron chi connectivity index (χ3n) is 3.73. The van der Waals surface area contributed by atoms with E-state index < -0.39 is 15.8 Å². The van der Waals surface area contributed by atoms with Gasteiger partial charge >= 0.3 is 0 Å². The minimum Gasteiger partial charge on any atom is -0.355 e. The van der Waals surface area contributed by atoms with Gasteiger partial charge in [0.1, 0.15) is 5.82 Å². The number of thioether (sulfide) groups is 1. The first-order chi connectivity index (χ1) is 12.9.